The van der Waals surface area contributed by atoms with E-state index in [-0.39, 0.29) is 5.82 Å². The van der Waals surface area contributed by atoms with Crippen LogP contribution in [0.2, 0.25) is 0 Å². The van der Waals surface area contributed by atoms with Gasteiger partial charge in [0.05, 0.1) is 37.1 Å². The first kappa shape index (κ1) is 25.0. The van der Waals surface area contributed by atoms with Crippen LogP contribution in [0.1, 0.15) is 0 Å². The molecule has 10 heteroatoms. The molecule has 39 heavy (non-hydrogen) atoms. The highest BCUT2D eigenvalue weighted by Crippen LogP contribution is 2.47. The normalized spacial score (nSPS) is 11.2. The average molecular weight is 563 g/mol. The summed E-state index contributed by atoms with van der Waals surface area (Å²) in [6.07, 6.45) is 0. The minimum absolute atomic E-state index is 0.312. The Balaban J connectivity index is 1.49. The zero-order valence-electron chi connectivity index (χ0n) is 21.0. The van der Waals surface area contributed by atoms with Crippen LogP contribution in [0.15, 0.2) is 66.7 Å². The van der Waals surface area contributed by atoms with Crippen LogP contribution in [-0.4, -0.2) is 31.3 Å². The molecule has 0 aliphatic heterocycles. The smallest absolute Gasteiger partial charge is 0.188 e. The molecule has 0 saturated heterocycles. The predicted octanol–water partition coefficient (Wildman–Crippen LogP) is 8.34. The van der Waals surface area contributed by atoms with E-state index in [9.17, 15) is 8.78 Å². The fraction of sp³-hybridized carbons (Fsp3) is 0.103. The Morgan fingerprint density at radius 1 is 0.667 bits per heavy atom. The first-order valence-corrected chi connectivity index (χ1v) is 13.3. The number of hydrogen-bond donors (Lipinski definition) is 0. The van der Waals surface area contributed by atoms with Crippen molar-refractivity contribution in [2.45, 2.75) is 0 Å². The summed E-state index contributed by atoms with van der Waals surface area (Å²) in [5.41, 5.74) is 2.77. The SMILES string of the molecule is COc1cc(Oc2c(OC)ccc3nc(-c4ccc(F)cc4OC)sc23)c2nc(-c3ccc(F)cc3)sc2c1. The Morgan fingerprint density at radius 2 is 1.44 bits per heavy atom. The van der Waals surface area contributed by atoms with Crippen LogP contribution in [0.3, 0.4) is 0 Å². The van der Waals surface area contributed by atoms with E-state index in [0.717, 1.165) is 20.0 Å². The molecule has 0 fully saturated rings. The van der Waals surface area contributed by atoms with Gasteiger partial charge in [0, 0.05) is 17.7 Å². The molecule has 0 atom stereocenters. The minimum atomic E-state index is -0.396. The highest BCUT2D eigenvalue weighted by Gasteiger charge is 2.21. The van der Waals surface area contributed by atoms with Gasteiger partial charge in [-0.3, -0.25) is 0 Å². The lowest BCUT2D eigenvalue weighted by atomic mass is 10.2. The average Bonchev–Trinajstić information content (AvgIpc) is 3.58. The standard InChI is InChI=1S/C29H20F2N2O4S2/c1-34-18-13-23(25-24(14-18)38-28(33-25)15-4-6-16(30)7-5-15)37-26-21(35-2)11-10-20-27(26)39-29(32-20)19-9-8-17(31)12-22(19)36-3/h4-14H,1-3H3. The van der Waals surface area contributed by atoms with Crippen LogP contribution in [0.25, 0.3) is 41.6 Å². The van der Waals surface area contributed by atoms with Crippen molar-refractivity contribution in [3.63, 3.8) is 0 Å². The Kier molecular flexibility index (Phi) is 6.49. The van der Waals surface area contributed by atoms with Gasteiger partial charge in [0.1, 0.15) is 43.4 Å². The van der Waals surface area contributed by atoms with Crippen molar-refractivity contribution in [3.8, 4) is 49.9 Å². The number of nitrogens with zero attached hydrogens (tertiary/aromatic N) is 2. The summed E-state index contributed by atoms with van der Waals surface area (Å²) in [6.45, 7) is 0. The van der Waals surface area contributed by atoms with Gasteiger partial charge in [-0.1, -0.05) is 0 Å². The van der Waals surface area contributed by atoms with Gasteiger partial charge < -0.3 is 18.9 Å². The molecule has 2 aromatic heterocycles. The monoisotopic (exact) mass is 562 g/mol. The quantitative estimate of drug-likeness (QED) is 0.195. The second-order valence-electron chi connectivity index (χ2n) is 8.41. The third-order valence-electron chi connectivity index (χ3n) is 6.06. The number of thiazole rings is 2. The second kappa shape index (κ2) is 10.1. The highest BCUT2D eigenvalue weighted by molar-refractivity contribution is 7.22. The molecule has 4 aromatic carbocycles. The van der Waals surface area contributed by atoms with E-state index in [2.05, 4.69) is 0 Å². The van der Waals surface area contributed by atoms with E-state index in [0.29, 0.717) is 50.4 Å². The van der Waals surface area contributed by atoms with Crippen molar-refractivity contribution in [2.24, 2.45) is 0 Å². The van der Waals surface area contributed by atoms with Gasteiger partial charge in [-0.15, -0.1) is 22.7 Å². The lowest BCUT2D eigenvalue weighted by Crippen LogP contribution is -1.93. The summed E-state index contributed by atoms with van der Waals surface area (Å²) in [7, 11) is 4.64. The number of ether oxygens (including phenoxy) is 4. The molecule has 196 valence electrons. The summed E-state index contributed by atoms with van der Waals surface area (Å²) in [4.78, 5) is 9.57. The molecular formula is C29H20F2N2O4S2. The Hall–Kier alpha value is -4.28. The topological polar surface area (TPSA) is 62.7 Å². The Bertz CT molecular complexity index is 1830. The summed E-state index contributed by atoms with van der Waals surface area (Å²) in [6, 6.07) is 17.8. The van der Waals surface area contributed by atoms with Gasteiger partial charge in [0.15, 0.2) is 17.2 Å². The number of fused-ring (bicyclic) bond motifs is 2. The fourth-order valence-corrected chi connectivity index (χ4v) is 6.25. The first-order chi connectivity index (χ1) is 19.0. The van der Waals surface area contributed by atoms with Gasteiger partial charge in [0.25, 0.3) is 0 Å². The fourth-order valence-electron chi connectivity index (χ4n) is 4.16. The van der Waals surface area contributed by atoms with Crippen molar-refractivity contribution in [3.05, 3.63) is 78.4 Å². The molecule has 0 aliphatic carbocycles. The van der Waals surface area contributed by atoms with E-state index in [1.54, 1.807) is 44.6 Å². The van der Waals surface area contributed by atoms with E-state index in [1.807, 2.05) is 12.1 Å². The minimum Gasteiger partial charge on any atom is -0.497 e. The zero-order valence-corrected chi connectivity index (χ0v) is 22.6. The number of benzene rings is 4. The number of aromatic nitrogens is 2. The summed E-state index contributed by atoms with van der Waals surface area (Å²) >= 11 is 2.83. The maximum atomic E-state index is 13.8. The lowest BCUT2D eigenvalue weighted by molar-refractivity contribution is 0.380. The number of hydrogen-bond acceptors (Lipinski definition) is 8. The van der Waals surface area contributed by atoms with Crippen LogP contribution in [-0.2, 0) is 0 Å². The lowest BCUT2D eigenvalue weighted by Gasteiger charge is -2.12. The van der Waals surface area contributed by atoms with Crippen LogP contribution in [0, 0.1) is 11.6 Å². The first-order valence-electron chi connectivity index (χ1n) is 11.7. The van der Waals surface area contributed by atoms with Crippen LogP contribution in [0.5, 0.6) is 28.7 Å². The van der Waals surface area contributed by atoms with Gasteiger partial charge in [-0.25, -0.2) is 18.7 Å². The van der Waals surface area contributed by atoms with Crippen molar-refractivity contribution >= 4 is 43.1 Å². The molecule has 6 nitrogen and oxygen atoms in total. The van der Waals surface area contributed by atoms with Gasteiger partial charge >= 0.3 is 0 Å². The third kappa shape index (κ3) is 4.62. The van der Waals surface area contributed by atoms with Crippen molar-refractivity contribution in [1.82, 2.24) is 9.97 Å². The van der Waals surface area contributed by atoms with E-state index < -0.39 is 5.82 Å². The molecule has 6 aromatic rings. The maximum Gasteiger partial charge on any atom is 0.188 e. The Labute approximate surface area is 230 Å². The molecule has 0 amide bonds. The number of halogens is 2. The van der Waals surface area contributed by atoms with E-state index in [1.165, 1.54) is 54.0 Å². The van der Waals surface area contributed by atoms with E-state index in [4.69, 9.17) is 28.9 Å². The zero-order chi connectivity index (χ0) is 27.1. The molecule has 0 saturated carbocycles. The Morgan fingerprint density at radius 3 is 2.18 bits per heavy atom. The van der Waals surface area contributed by atoms with Crippen molar-refractivity contribution < 1.29 is 27.7 Å². The maximum absolute atomic E-state index is 13.8. The van der Waals surface area contributed by atoms with Gasteiger partial charge in [-0.2, -0.15) is 0 Å². The van der Waals surface area contributed by atoms with E-state index >= 15 is 0 Å². The summed E-state index contributed by atoms with van der Waals surface area (Å²) < 4.78 is 52.0. The van der Waals surface area contributed by atoms with Crippen molar-refractivity contribution in [1.29, 1.82) is 0 Å². The molecule has 0 bridgehead atoms. The number of rotatable bonds is 7. The third-order valence-corrected chi connectivity index (χ3v) is 8.22. The summed E-state index contributed by atoms with van der Waals surface area (Å²) in [5.74, 6) is 1.71. The van der Waals surface area contributed by atoms with Crippen LogP contribution < -0.4 is 18.9 Å². The van der Waals surface area contributed by atoms with Crippen LogP contribution >= 0.6 is 22.7 Å². The molecule has 0 spiro atoms. The summed E-state index contributed by atoms with van der Waals surface area (Å²) in [5, 5.41) is 1.36. The predicted molar refractivity (Wildman–Crippen MR) is 150 cm³/mol. The largest absolute Gasteiger partial charge is 0.497 e. The van der Waals surface area contributed by atoms with Gasteiger partial charge in [-0.05, 0) is 54.6 Å². The molecule has 2 heterocycles. The highest BCUT2D eigenvalue weighted by atomic mass is 32.1. The van der Waals surface area contributed by atoms with Crippen LogP contribution in [0.4, 0.5) is 8.78 Å². The molecule has 0 aliphatic rings. The molecule has 0 radical (unpaired) electrons. The second-order valence-corrected chi connectivity index (χ2v) is 10.4. The molecule has 0 unspecified atom stereocenters. The molecule has 6 rings (SSSR count). The molecular weight excluding hydrogens is 542 g/mol. The van der Waals surface area contributed by atoms with Crippen molar-refractivity contribution in [2.75, 3.05) is 21.3 Å². The molecule has 0 N–H and O–H groups in total. The van der Waals surface area contributed by atoms with Gasteiger partial charge in [0.2, 0.25) is 0 Å². The number of methoxy groups -OCH3 is 3.